The first-order chi connectivity index (χ1) is 29.0. The van der Waals surface area contributed by atoms with E-state index in [1.165, 1.54) is 12.2 Å². The maximum absolute atomic E-state index is 13.5. The Labute approximate surface area is 346 Å². The predicted octanol–water partition coefficient (Wildman–Crippen LogP) is 5.90. The van der Waals surface area contributed by atoms with Crippen molar-refractivity contribution in [3.63, 3.8) is 0 Å². The van der Waals surface area contributed by atoms with Crippen molar-refractivity contribution in [3.8, 4) is 0 Å². The van der Waals surface area contributed by atoms with E-state index in [0.29, 0.717) is 73.0 Å². The fourth-order valence-electron chi connectivity index (χ4n) is 7.85. The van der Waals surface area contributed by atoms with Crippen molar-refractivity contribution in [2.75, 3.05) is 24.7 Å². The molecular formula is C46H46N8O6. The third kappa shape index (κ3) is 8.07. The summed E-state index contributed by atoms with van der Waals surface area (Å²) in [6.07, 6.45) is 12.1. The van der Waals surface area contributed by atoms with Crippen LogP contribution in [0.5, 0.6) is 0 Å². The number of nitrogens with two attached hydrogens (primary N) is 2. The molecule has 0 bridgehead atoms. The van der Waals surface area contributed by atoms with E-state index in [-0.39, 0.29) is 43.3 Å². The van der Waals surface area contributed by atoms with Gasteiger partial charge < -0.3 is 40.7 Å². The van der Waals surface area contributed by atoms with Crippen molar-refractivity contribution in [3.05, 3.63) is 129 Å². The Hall–Kier alpha value is -6.90. The summed E-state index contributed by atoms with van der Waals surface area (Å²) in [6, 6.07) is 13.8. The Morgan fingerprint density at radius 1 is 0.733 bits per heavy atom. The fraction of sp³-hybridized carbons (Fsp3) is 0.261. The number of carbonyl (C=O) groups is 4. The highest BCUT2D eigenvalue weighted by Crippen LogP contribution is 2.37. The van der Waals surface area contributed by atoms with E-state index in [4.69, 9.17) is 20.3 Å². The number of rotatable bonds is 12. The maximum Gasteiger partial charge on any atom is 0.246 e. The summed E-state index contributed by atoms with van der Waals surface area (Å²) in [4.78, 5) is 62.2. The first-order valence-electron chi connectivity index (χ1n) is 19.9. The van der Waals surface area contributed by atoms with Gasteiger partial charge in [0.25, 0.3) is 0 Å². The number of nitrogens with one attached hydrogen (secondary N) is 2. The van der Waals surface area contributed by atoms with Crippen LogP contribution >= 0.6 is 0 Å². The van der Waals surface area contributed by atoms with Crippen LogP contribution in [-0.4, -0.2) is 57.5 Å². The van der Waals surface area contributed by atoms with Gasteiger partial charge in [-0.1, -0.05) is 30.3 Å². The van der Waals surface area contributed by atoms with Crippen molar-refractivity contribution in [2.45, 2.75) is 65.2 Å². The second kappa shape index (κ2) is 16.8. The van der Waals surface area contributed by atoms with E-state index in [0.717, 1.165) is 60.8 Å². The average molecular weight is 807 g/mol. The molecule has 14 nitrogen and oxygen atoms in total. The van der Waals surface area contributed by atoms with Gasteiger partial charge in [-0.25, -0.2) is 9.97 Å². The molecule has 0 aliphatic carbocycles. The number of pyridine rings is 2. The number of likely N-dealkylation sites (N-methyl/N-ethyl adjacent to an activating group) is 2. The summed E-state index contributed by atoms with van der Waals surface area (Å²) in [6.45, 7) is 2.97. The molecule has 14 heteroatoms. The first-order valence-corrected chi connectivity index (χ1v) is 19.9. The molecule has 0 unspecified atom stereocenters. The van der Waals surface area contributed by atoms with Gasteiger partial charge in [-0.2, -0.15) is 0 Å². The van der Waals surface area contributed by atoms with Crippen molar-refractivity contribution in [2.24, 2.45) is 11.5 Å². The number of aromatic nitrogens is 2. The molecule has 2 aliphatic rings. The van der Waals surface area contributed by atoms with Gasteiger partial charge in [-0.3, -0.25) is 19.2 Å². The fourth-order valence-corrected chi connectivity index (χ4v) is 7.85. The van der Waals surface area contributed by atoms with E-state index in [1.807, 2.05) is 49.4 Å². The van der Waals surface area contributed by atoms with Crippen LogP contribution in [0.3, 0.4) is 0 Å². The number of hydrogen-bond donors (Lipinski definition) is 4. The minimum atomic E-state index is -0.227. The number of fused-ring (bicyclic) bond motifs is 4. The highest BCUT2D eigenvalue weighted by Gasteiger charge is 2.24. The number of para-hydroxylation sites is 1. The highest BCUT2D eigenvalue weighted by atomic mass is 16.3. The van der Waals surface area contributed by atoms with Gasteiger partial charge in [0.15, 0.2) is 0 Å². The van der Waals surface area contributed by atoms with Crippen LogP contribution in [0.1, 0.15) is 74.4 Å². The molecule has 6 aromatic rings. The lowest BCUT2D eigenvalue weighted by atomic mass is 9.96. The number of furan rings is 2. The van der Waals surface area contributed by atoms with Gasteiger partial charge in [-0.05, 0) is 77.4 Å². The van der Waals surface area contributed by atoms with Crippen molar-refractivity contribution >= 4 is 69.4 Å². The molecule has 0 atom stereocenters. The van der Waals surface area contributed by atoms with Gasteiger partial charge >= 0.3 is 0 Å². The minimum Gasteiger partial charge on any atom is -0.459 e. The number of nitrogens with zero attached hydrogens (tertiary/aromatic N) is 4. The lowest BCUT2D eigenvalue weighted by molar-refractivity contribution is -0.126. The van der Waals surface area contributed by atoms with E-state index in [9.17, 15) is 19.2 Å². The van der Waals surface area contributed by atoms with Crippen LogP contribution in [0.25, 0.3) is 34.1 Å². The molecule has 60 heavy (non-hydrogen) atoms. The van der Waals surface area contributed by atoms with Crippen LogP contribution in [0, 0.1) is 6.92 Å². The summed E-state index contributed by atoms with van der Waals surface area (Å²) >= 11 is 0. The zero-order valence-corrected chi connectivity index (χ0v) is 33.8. The summed E-state index contributed by atoms with van der Waals surface area (Å²) in [5.74, 6) is 1.83. The number of benzene rings is 2. The van der Waals surface area contributed by atoms with Crippen molar-refractivity contribution in [1.82, 2.24) is 19.8 Å². The number of amides is 4. The normalized spacial score (nSPS) is 13.8. The number of hydrogen-bond acceptors (Lipinski definition) is 10. The smallest absolute Gasteiger partial charge is 0.246 e. The molecule has 8 rings (SSSR count). The Morgan fingerprint density at radius 2 is 1.28 bits per heavy atom. The largest absolute Gasteiger partial charge is 0.459 e. The summed E-state index contributed by atoms with van der Waals surface area (Å²) in [5, 5.41) is 7.36. The van der Waals surface area contributed by atoms with Crippen LogP contribution in [0.2, 0.25) is 0 Å². The molecule has 0 radical (unpaired) electrons. The Balaban J connectivity index is 1.04. The molecule has 2 aromatic carbocycles. The van der Waals surface area contributed by atoms with Gasteiger partial charge in [0, 0.05) is 98.5 Å². The molecule has 2 aliphatic heterocycles. The number of carbonyl (C=O) groups excluding carboxylic acids is 4. The Bertz CT molecular complexity index is 2760. The Morgan fingerprint density at radius 3 is 1.87 bits per heavy atom. The van der Waals surface area contributed by atoms with Gasteiger partial charge in [0.1, 0.15) is 34.3 Å². The second-order valence-corrected chi connectivity index (χ2v) is 15.3. The quantitative estimate of drug-likeness (QED) is 0.108. The lowest BCUT2D eigenvalue weighted by Crippen LogP contribution is -2.24. The highest BCUT2D eigenvalue weighted by molar-refractivity contribution is 5.96. The summed E-state index contributed by atoms with van der Waals surface area (Å²) in [5.41, 5.74) is 21.6. The van der Waals surface area contributed by atoms with E-state index < -0.39 is 0 Å². The number of anilines is 2. The zero-order chi connectivity index (χ0) is 42.1. The molecule has 4 amide bonds. The molecule has 0 saturated carbocycles. The third-order valence-corrected chi connectivity index (χ3v) is 11.2. The van der Waals surface area contributed by atoms with Gasteiger partial charge in [0.2, 0.25) is 23.6 Å². The third-order valence-electron chi connectivity index (χ3n) is 11.2. The topological polar surface area (TPSA) is 203 Å². The van der Waals surface area contributed by atoms with Crippen LogP contribution in [-0.2, 0) is 64.6 Å². The summed E-state index contributed by atoms with van der Waals surface area (Å²) in [7, 11) is 3.45. The predicted molar refractivity (Wildman–Crippen MR) is 229 cm³/mol. The monoisotopic (exact) mass is 806 g/mol. The maximum atomic E-state index is 13.5. The molecule has 306 valence electrons. The van der Waals surface area contributed by atoms with E-state index in [1.54, 1.807) is 48.4 Å². The minimum absolute atomic E-state index is 0.0519. The first kappa shape index (κ1) is 39.9. The molecule has 6 N–H and O–H groups in total. The molecule has 0 fully saturated rings. The van der Waals surface area contributed by atoms with Crippen LogP contribution in [0.4, 0.5) is 11.6 Å². The van der Waals surface area contributed by atoms with E-state index in [2.05, 4.69) is 20.6 Å². The van der Waals surface area contributed by atoms with Crippen molar-refractivity contribution < 1.29 is 28.0 Å². The van der Waals surface area contributed by atoms with Crippen LogP contribution < -0.4 is 22.1 Å². The van der Waals surface area contributed by atoms with Crippen LogP contribution in [0.15, 0.2) is 75.8 Å². The van der Waals surface area contributed by atoms with Gasteiger partial charge in [0.05, 0.1) is 13.1 Å². The van der Waals surface area contributed by atoms with Crippen molar-refractivity contribution in [1.29, 1.82) is 0 Å². The SMILES string of the molecule is Cc1c(CN(C)C(=O)/C=C/c2cnc3c(c2)CCC(=O)N3)oc2c(Cc3c(CN(C)C(=O)/C=C/c4cnc5c(c4)CCC(=O)N5)oc4c(CN)cccc34)ccc(CN)c12. The Kier molecular flexibility index (Phi) is 11.1. The number of aryl methyl sites for hydroxylation is 3. The molecule has 0 saturated heterocycles. The molecule has 4 aromatic heterocycles. The van der Waals surface area contributed by atoms with Gasteiger partial charge in [-0.15, -0.1) is 0 Å². The standard InChI is InChI=1S/C46H46N8O6/c1-26-36(24-53(2)40(57)15-7-27-17-30-11-13-38(55)51-45(30)49-22-27)59-44-29(9-10-32(20-47)42(26)44)19-35-34-6-4-5-33(21-48)43(34)60-37(35)25-54(3)41(58)16-8-28-18-31-12-14-39(56)52-46(31)50-23-28/h4-10,15-18,22-23H,11-14,19-21,24-25,47-48H2,1-3H3,(H,49,51,55)(H,50,52,56)/b15-7+,16-8+. The lowest BCUT2D eigenvalue weighted by Gasteiger charge is -2.16. The molecule has 6 heterocycles. The van der Waals surface area contributed by atoms with E-state index >= 15 is 0 Å². The summed E-state index contributed by atoms with van der Waals surface area (Å²) < 4.78 is 13.2. The molecule has 0 spiro atoms. The molecular weight excluding hydrogens is 761 g/mol. The second-order valence-electron chi connectivity index (χ2n) is 15.3. The average Bonchev–Trinajstić information content (AvgIpc) is 3.77. The zero-order valence-electron chi connectivity index (χ0n) is 33.8.